The summed E-state index contributed by atoms with van der Waals surface area (Å²) in [6.07, 6.45) is 1.40. The fourth-order valence-corrected chi connectivity index (χ4v) is 2.34. The van der Waals surface area contributed by atoms with Gasteiger partial charge < -0.3 is 29.6 Å². The van der Waals surface area contributed by atoms with Crippen LogP contribution < -0.4 is 20.1 Å². The number of pyridine rings is 1. The summed E-state index contributed by atoms with van der Waals surface area (Å²) in [5, 5.41) is 5.45. The number of amides is 2. The van der Waals surface area contributed by atoms with E-state index in [1.54, 1.807) is 31.4 Å². The molecule has 2 N–H and O–H groups in total. The number of methoxy groups -OCH3 is 1. The molecule has 0 spiro atoms. The second-order valence-electron chi connectivity index (χ2n) is 5.57. The first-order valence-corrected chi connectivity index (χ1v) is 8.25. The van der Waals surface area contributed by atoms with Crippen molar-refractivity contribution in [1.82, 2.24) is 10.3 Å². The van der Waals surface area contributed by atoms with Crippen LogP contribution in [0.4, 0.5) is 10.5 Å². The molecule has 0 aliphatic carbocycles. The van der Waals surface area contributed by atoms with Gasteiger partial charge in [-0.05, 0) is 18.2 Å². The van der Waals surface area contributed by atoms with E-state index in [0.29, 0.717) is 49.4 Å². The average molecular weight is 359 g/mol. The van der Waals surface area contributed by atoms with Crippen LogP contribution in [0.5, 0.6) is 17.4 Å². The van der Waals surface area contributed by atoms with Crippen molar-refractivity contribution in [2.75, 3.05) is 38.8 Å². The van der Waals surface area contributed by atoms with Crippen molar-refractivity contribution in [3.05, 3.63) is 42.6 Å². The Hall–Kier alpha value is -2.84. The smallest absolute Gasteiger partial charge is 0.319 e. The van der Waals surface area contributed by atoms with Crippen LogP contribution in [0.2, 0.25) is 0 Å². The van der Waals surface area contributed by atoms with Crippen molar-refractivity contribution >= 4 is 11.7 Å². The molecule has 2 heterocycles. The van der Waals surface area contributed by atoms with Gasteiger partial charge in [0.1, 0.15) is 11.5 Å². The van der Waals surface area contributed by atoms with E-state index in [9.17, 15) is 4.79 Å². The number of carbonyl (C=O) groups is 1. The number of carbonyl (C=O) groups excluding carboxylic acids is 1. The van der Waals surface area contributed by atoms with E-state index >= 15 is 0 Å². The van der Waals surface area contributed by atoms with Crippen LogP contribution in [0, 0.1) is 0 Å². The van der Waals surface area contributed by atoms with Gasteiger partial charge in [-0.15, -0.1) is 0 Å². The van der Waals surface area contributed by atoms with Gasteiger partial charge in [-0.3, -0.25) is 0 Å². The number of hydrogen-bond acceptors (Lipinski definition) is 6. The summed E-state index contributed by atoms with van der Waals surface area (Å²) in [6.45, 7) is 2.01. The first-order chi connectivity index (χ1) is 12.7. The molecule has 2 amide bonds. The molecule has 8 heteroatoms. The van der Waals surface area contributed by atoms with Gasteiger partial charge in [-0.2, -0.15) is 0 Å². The van der Waals surface area contributed by atoms with Gasteiger partial charge >= 0.3 is 6.03 Å². The minimum atomic E-state index is -0.331. The maximum absolute atomic E-state index is 11.9. The van der Waals surface area contributed by atoms with Gasteiger partial charge in [-0.1, -0.05) is 6.07 Å². The summed E-state index contributed by atoms with van der Waals surface area (Å²) in [5.74, 6) is 1.73. The highest BCUT2D eigenvalue weighted by Crippen LogP contribution is 2.24. The number of aromatic nitrogens is 1. The second-order valence-corrected chi connectivity index (χ2v) is 5.57. The Balaban J connectivity index is 1.48. The molecule has 1 fully saturated rings. The summed E-state index contributed by atoms with van der Waals surface area (Å²) < 4.78 is 21.6. The maximum atomic E-state index is 11.9. The lowest BCUT2D eigenvalue weighted by atomic mass is 10.3. The van der Waals surface area contributed by atoms with E-state index in [4.69, 9.17) is 18.9 Å². The molecule has 1 saturated heterocycles. The Kier molecular flexibility index (Phi) is 6.24. The van der Waals surface area contributed by atoms with E-state index in [1.807, 2.05) is 12.1 Å². The highest BCUT2D eigenvalue weighted by molar-refractivity contribution is 5.89. The van der Waals surface area contributed by atoms with Crippen molar-refractivity contribution in [3.63, 3.8) is 0 Å². The van der Waals surface area contributed by atoms with E-state index in [-0.39, 0.29) is 12.1 Å². The molecular weight excluding hydrogens is 338 g/mol. The summed E-state index contributed by atoms with van der Waals surface area (Å²) >= 11 is 0. The monoisotopic (exact) mass is 359 g/mol. The molecule has 8 nitrogen and oxygen atoms in total. The fraction of sp³-hybridized carbons (Fsp3) is 0.333. The Morgan fingerprint density at radius 3 is 2.88 bits per heavy atom. The molecular formula is C18H21N3O5. The van der Waals surface area contributed by atoms with Crippen LogP contribution in [0.15, 0.2) is 42.6 Å². The van der Waals surface area contributed by atoms with Crippen molar-refractivity contribution in [2.45, 2.75) is 6.10 Å². The van der Waals surface area contributed by atoms with Gasteiger partial charge in [0.15, 0.2) is 0 Å². The van der Waals surface area contributed by atoms with Gasteiger partial charge in [0, 0.05) is 18.7 Å². The number of hydrogen-bond donors (Lipinski definition) is 2. The lowest BCUT2D eigenvalue weighted by molar-refractivity contribution is -0.0852. The van der Waals surface area contributed by atoms with Crippen molar-refractivity contribution in [1.29, 1.82) is 0 Å². The lowest BCUT2D eigenvalue weighted by Crippen LogP contribution is -2.41. The molecule has 3 rings (SSSR count). The molecule has 0 unspecified atom stereocenters. The average Bonchev–Trinajstić information content (AvgIpc) is 2.69. The summed E-state index contributed by atoms with van der Waals surface area (Å²) in [6, 6.07) is 10.3. The third kappa shape index (κ3) is 5.33. The lowest BCUT2D eigenvalue weighted by Gasteiger charge is -2.23. The van der Waals surface area contributed by atoms with Crippen LogP contribution >= 0.6 is 0 Å². The van der Waals surface area contributed by atoms with E-state index in [0.717, 1.165) is 0 Å². The number of anilines is 1. The Morgan fingerprint density at radius 2 is 2.15 bits per heavy atom. The normalized spacial score (nSPS) is 16.6. The Labute approximate surface area is 151 Å². The van der Waals surface area contributed by atoms with E-state index in [1.165, 1.54) is 6.20 Å². The molecule has 0 saturated carbocycles. The van der Waals surface area contributed by atoms with Crippen LogP contribution in [0.1, 0.15) is 0 Å². The summed E-state index contributed by atoms with van der Waals surface area (Å²) in [7, 11) is 1.59. The van der Waals surface area contributed by atoms with Crippen LogP contribution in [-0.2, 0) is 9.47 Å². The quantitative estimate of drug-likeness (QED) is 0.823. The molecule has 0 radical (unpaired) electrons. The molecule has 1 atom stereocenters. The van der Waals surface area contributed by atoms with Gasteiger partial charge in [0.2, 0.25) is 5.88 Å². The molecule has 1 aliphatic heterocycles. The zero-order valence-electron chi connectivity index (χ0n) is 14.4. The van der Waals surface area contributed by atoms with Crippen molar-refractivity contribution in [2.24, 2.45) is 0 Å². The summed E-state index contributed by atoms with van der Waals surface area (Å²) in [4.78, 5) is 16.1. The highest BCUT2D eigenvalue weighted by atomic mass is 16.6. The third-order valence-corrected chi connectivity index (χ3v) is 3.63. The maximum Gasteiger partial charge on any atom is 0.319 e. The fourth-order valence-electron chi connectivity index (χ4n) is 2.34. The molecule has 0 bridgehead atoms. The number of rotatable bonds is 6. The number of nitrogens with one attached hydrogen (secondary N) is 2. The predicted octanol–water partition coefficient (Wildman–Crippen LogP) is 2.42. The molecule has 1 aromatic heterocycles. The van der Waals surface area contributed by atoms with Crippen LogP contribution in [0.25, 0.3) is 0 Å². The number of ether oxygens (including phenoxy) is 4. The van der Waals surface area contributed by atoms with Crippen LogP contribution in [0.3, 0.4) is 0 Å². The predicted molar refractivity (Wildman–Crippen MR) is 94.9 cm³/mol. The molecule has 1 aliphatic rings. The topological polar surface area (TPSA) is 90.9 Å². The number of nitrogens with zero attached hydrogens (tertiary/aromatic N) is 1. The van der Waals surface area contributed by atoms with Gasteiger partial charge in [-0.25, -0.2) is 9.78 Å². The molecule has 26 heavy (non-hydrogen) atoms. The number of benzene rings is 1. The molecule has 138 valence electrons. The van der Waals surface area contributed by atoms with Crippen molar-refractivity contribution < 1.29 is 23.7 Å². The SMILES string of the molecule is COc1cccc(Oc2ccc(NC(=O)NC[C@@H]3COCCO3)cn2)c1. The Bertz CT molecular complexity index is 717. The Morgan fingerprint density at radius 1 is 1.27 bits per heavy atom. The number of urea groups is 1. The zero-order chi connectivity index (χ0) is 18.2. The minimum Gasteiger partial charge on any atom is -0.497 e. The first kappa shape index (κ1) is 18.0. The third-order valence-electron chi connectivity index (χ3n) is 3.63. The van der Waals surface area contributed by atoms with E-state index < -0.39 is 0 Å². The minimum absolute atomic E-state index is 0.119. The molecule has 2 aromatic rings. The highest BCUT2D eigenvalue weighted by Gasteiger charge is 2.15. The van der Waals surface area contributed by atoms with Crippen LogP contribution in [-0.4, -0.2) is 50.6 Å². The van der Waals surface area contributed by atoms with Gasteiger partial charge in [0.25, 0.3) is 0 Å². The zero-order valence-corrected chi connectivity index (χ0v) is 14.4. The first-order valence-electron chi connectivity index (χ1n) is 8.25. The summed E-state index contributed by atoms with van der Waals surface area (Å²) in [5.41, 5.74) is 0.557. The molecule has 1 aromatic carbocycles. The standard InChI is InChI=1S/C18H21N3O5/c1-23-14-3-2-4-15(9-14)26-17-6-5-13(10-19-17)21-18(22)20-11-16-12-24-7-8-25-16/h2-6,9-10,16H,7-8,11-12H2,1H3,(H2,20,21,22)/t16-/m1/s1. The largest absolute Gasteiger partial charge is 0.497 e. The van der Waals surface area contributed by atoms with Crippen molar-refractivity contribution in [3.8, 4) is 17.4 Å². The van der Waals surface area contributed by atoms with Gasteiger partial charge in [0.05, 0.1) is 44.9 Å². The second kappa shape index (κ2) is 9.02. The van der Waals surface area contributed by atoms with E-state index in [2.05, 4.69) is 15.6 Å².